The van der Waals surface area contributed by atoms with Crippen molar-refractivity contribution in [3.05, 3.63) is 58.1 Å². The quantitative estimate of drug-likeness (QED) is 0.733. The number of ether oxygens (including phenoxy) is 2. The Kier molecular flexibility index (Phi) is 5.65. The highest BCUT2D eigenvalue weighted by atomic mass is 79.9. The molecule has 0 saturated carbocycles. The molecule has 0 aromatic heterocycles. The molecule has 0 radical (unpaired) electrons. The van der Waals surface area contributed by atoms with E-state index in [1.165, 1.54) is 5.56 Å². The molecular formula is C17H16BrNO2. The van der Waals surface area contributed by atoms with Gasteiger partial charge in [-0.05, 0) is 58.2 Å². The Morgan fingerprint density at radius 1 is 1.05 bits per heavy atom. The van der Waals surface area contributed by atoms with E-state index in [9.17, 15) is 0 Å². The summed E-state index contributed by atoms with van der Waals surface area (Å²) in [5, 5.41) is 8.61. The molecule has 0 unspecified atom stereocenters. The van der Waals surface area contributed by atoms with Gasteiger partial charge in [-0.2, -0.15) is 5.26 Å². The molecule has 3 nitrogen and oxygen atoms in total. The Hall–Kier alpha value is -1.99. The second-order valence-corrected chi connectivity index (χ2v) is 5.46. The van der Waals surface area contributed by atoms with Gasteiger partial charge in [0, 0.05) is 0 Å². The predicted octanol–water partition coefficient (Wildman–Crippen LogP) is 4.28. The Balaban J connectivity index is 1.78. The molecule has 0 saturated heterocycles. The normalized spacial score (nSPS) is 9.95. The van der Waals surface area contributed by atoms with Gasteiger partial charge in [0.25, 0.3) is 0 Å². The van der Waals surface area contributed by atoms with E-state index in [1.807, 2.05) is 49.4 Å². The monoisotopic (exact) mass is 345 g/mol. The van der Waals surface area contributed by atoms with Gasteiger partial charge in [0.05, 0.1) is 17.0 Å². The van der Waals surface area contributed by atoms with Gasteiger partial charge in [0.2, 0.25) is 0 Å². The minimum absolute atomic E-state index is 0.421. The van der Waals surface area contributed by atoms with Gasteiger partial charge >= 0.3 is 0 Å². The summed E-state index contributed by atoms with van der Waals surface area (Å²) in [5.74, 6) is 1.59. The van der Waals surface area contributed by atoms with E-state index in [0.29, 0.717) is 19.6 Å². The molecule has 2 rings (SSSR count). The van der Waals surface area contributed by atoms with Crippen molar-refractivity contribution in [2.45, 2.75) is 13.3 Å². The second kappa shape index (κ2) is 7.70. The summed E-state index contributed by atoms with van der Waals surface area (Å²) in [5.41, 5.74) is 2.17. The third-order valence-corrected chi connectivity index (χ3v) is 3.52. The van der Waals surface area contributed by atoms with Crippen molar-refractivity contribution < 1.29 is 9.47 Å². The molecule has 0 aliphatic rings. The minimum atomic E-state index is 0.421. The highest BCUT2D eigenvalue weighted by Gasteiger charge is 2.01. The number of nitriles is 1. The fraction of sp³-hybridized carbons (Fsp3) is 0.235. The first-order valence-electron chi connectivity index (χ1n) is 6.66. The van der Waals surface area contributed by atoms with Crippen LogP contribution in [-0.2, 0) is 6.42 Å². The predicted molar refractivity (Wildman–Crippen MR) is 85.6 cm³/mol. The summed E-state index contributed by atoms with van der Waals surface area (Å²) in [6.45, 7) is 2.98. The number of hydrogen-bond acceptors (Lipinski definition) is 3. The maximum absolute atomic E-state index is 8.61. The van der Waals surface area contributed by atoms with Gasteiger partial charge < -0.3 is 9.47 Å². The summed E-state index contributed by atoms with van der Waals surface area (Å²) in [6.07, 6.45) is 0.421. The van der Waals surface area contributed by atoms with E-state index in [0.717, 1.165) is 21.5 Å². The first-order valence-corrected chi connectivity index (χ1v) is 7.46. The molecule has 0 aliphatic heterocycles. The van der Waals surface area contributed by atoms with Crippen molar-refractivity contribution >= 4 is 15.9 Å². The van der Waals surface area contributed by atoms with E-state index in [1.54, 1.807) is 0 Å². The smallest absolute Gasteiger partial charge is 0.133 e. The standard InChI is InChI=1S/C17H16BrNO2/c1-13-2-7-17(16(18)12-13)21-11-10-20-15-5-3-14(4-6-15)8-9-19/h2-7,12H,8,10-11H2,1H3. The molecule has 0 amide bonds. The van der Waals surface area contributed by atoms with Gasteiger partial charge in [0.15, 0.2) is 0 Å². The van der Waals surface area contributed by atoms with Crippen LogP contribution >= 0.6 is 15.9 Å². The van der Waals surface area contributed by atoms with E-state index < -0.39 is 0 Å². The lowest BCUT2D eigenvalue weighted by Crippen LogP contribution is -2.09. The molecule has 0 heterocycles. The molecule has 2 aromatic rings. The SMILES string of the molecule is Cc1ccc(OCCOc2ccc(CC#N)cc2)c(Br)c1. The molecule has 2 aromatic carbocycles. The number of benzene rings is 2. The molecule has 0 N–H and O–H groups in total. The maximum atomic E-state index is 8.61. The summed E-state index contributed by atoms with van der Waals surface area (Å²) in [6, 6.07) is 15.6. The van der Waals surface area contributed by atoms with Gasteiger partial charge in [-0.3, -0.25) is 0 Å². The van der Waals surface area contributed by atoms with E-state index in [4.69, 9.17) is 14.7 Å². The van der Waals surface area contributed by atoms with Crippen LogP contribution in [0.5, 0.6) is 11.5 Å². The Bertz CT molecular complexity index is 632. The summed E-state index contributed by atoms with van der Waals surface area (Å²) >= 11 is 3.47. The molecule has 0 bridgehead atoms. The summed E-state index contributed by atoms with van der Waals surface area (Å²) in [7, 11) is 0. The Morgan fingerprint density at radius 2 is 1.76 bits per heavy atom. The van der Waals surface area contributed by atoms with Crippen LogP contribution in [0.2, 0.25) is 0 Å². The molecule has 108 valence electrons. The third-order valence-electron chi connectivity index (χ3n) is 2.90. The fourth-order valence-electron chi connectivity index (χ4n) is 1.83. The zero-order chi connectivity index (χ0) is 15.1. The van der Waals surface area contributed by atoms with Gasteiger partial charge in [-0.1, -0.05) is 18.2 Å². The first kappa shape index (κ1) is 15.4. The van der Waals surface area contributed by atoms with Crippen molar-refractivity contribution in [1.29, 1.82) is 5.26 Å². The topological polar surface area (TPSA) is 42.2 Å². The van der Waals surface area contributed by atoms with Gasteiger partial charge in [-0.15, -0.1) is 0 Å². The van der Waals surface area contributed by atoms with Crippen molar-refractivity contribution in [3.8, 4) is 17.6 Å². The number of aryl methyl sites for hydroxylation is 1. The van der Waals surface area contributed by atoms with Crippen LogP contribution in [0.15, 0.2) is 46.9 Å². The third kappa shape index (κ3) is 4.80. The largest absolute Gasteiger partial charge is 0.490 e. The van der Waals surface area contributed by atoms with Crippen LogP contribution in [0.1, 0.15) is 11.1 Å². The molecule has 0 atom stereocenters. The maximum Gasteiger partial charge on any atom is 0.133 e. The molecule has 21 heavy (non-hydrogen) atoms. The van der Waals surface area contributed by atoms with Crippen molar-refractivity contribution in [1.82, 2.24) is 0 Å². The average molecular weight is 346 g/mol. The first-order chi connectivity index (χ1) is 10.2. The van der Waals surface area contributed by atoms with Crippen molar-refractivity contribution in [2.75, 3.05) is 13.2 Å². The number of rotatable bonds is 6. The van der Waals surface area contributed by atoms with Crippen LogP contribution in [0.4, 0.5) is 0 Å². The van der Waals surface area contributed by atoms with Crippen LogP contribution in [0, 0.1) is 18.3 Å². The highest BCUT2D eigenvalue weighted by Crippen LogP contribution is 2.25. The van der Waals surface area contributed by atoms with Crippen LogP contribution in [-0.4, -0.2) is 13.2 Å². The lowest BCUT2D eigenvalue weighted by Gasteiger charge is -2.10. The molecular weight excluding hydrogens is 330 g/mol. The molecule has 0 spiro atoms. The minimum Gasteiger partial charge on any atom is -0.490 e. The van der Waals surface area contributed by atoms with E-state index in [-0.39, 0.29) is 0 Å². The van der Waals surface area contributed by atoms with Crippen LogP contribution < -0.4 is 9.47 Å². The fourth-order valence-corrected chi connectivity index (χ4v) is 2.44. The van der Waals surface area contributed by atoms with Crippen LogP contribution in [0.25, 0.3) is 0 Å². The van der Waals surface area contributed by atoms with E-state index >= 15 is 0 Å². The molecule has 0 fully saturated rings. The number of halogens is 1. The number of hydrogen-bond donors (Lipinski definition) is 0. The van der Waals surface area contributed by atoms with Gasteiger partial charge in [-0.25, -0.2) is 0 Å². The Labute approximate surface area is 133 Å². The zero-order valence-electron chi connectivity index (χ0n) is 11.8. The lowest BCUT2D eigenvalue weighted by molar-refractivity contribution is 0.216. The molecule has 0 aliphatic carbocycles. The summed E-state index contributed by atoms with van der Waals surface area (Å²) in [4.78, 5) is 0. The summed E-state index contributed by atoms with van der Waals surface area (Å²) < 4.78 is 12.2. The van der Waals surface area contributed by atoms with Crippen molar-refractivity contribution in [3.63, 3.8) is 0 Å². The second-order valence-electron chi connectivity index (χ2n) is 4.61. The lowest BCUT2D eigenvalue weighted by atomic mass is 10.2. The number of nitrogens with zero attached hydrogens (tertiary/aromatic N) is 1. The molecule has 4 heteroatoms. The zero-order valence-corrected chi connectivity index (χ0v) is 13.4. The van der Waals surface area contributed by atoms with Crippen molar-refractivity contribution in [2.24, 2.45) is 0 Å². The van der Waals surface area contributed by atoms with E-state index in [2.05, 4.69) is 22.0 Å². The van der Waals surface area contributed by atoms with Gasteiger partial charge in [0.1, 0.15) is 24.7 Å². The van der Waals surface area contributed by atoms with Crippen LogP contribution in [0.3, 0.4) is 0 Å². The average Bonchev–Trinajstić information content (AvgIpc) is 2.47. The highest BCUT2D eigenvalue weighted by molar-refractivity contribution is 9.10. The Morgan fingerprint density at radius 3 is 2.43 bits per heavy atom.